The molecule has 0 radical (unpaired) electrons. The molecule has 0 spiro atoms. The van der Waals surface area contributed by atoms with Crippen molar-refractivity contribution in [1.82, 2.24) is 24.9 Å². The fourth-order valence-corrected chi connectivity index (χ4v) is 3.87. The third-order valence-corrected chi connectivity index (χ3v) is 5.95. The molecule has 2 aromatic carbocycles. The standard InChI is InChI=1S/C22H22FN5O2S/c1-14-6-7-16(13-18(14)23)20-24-19(30-27-20)5-4-12-31-22-26-25-21(28(22)2)15-8-10-17(29-3)11-9-15/h6-11,13H,4-5,12H2,1-3H3. The first-order valence-electron chi connectivity index (χ1n) is 9.81. The molecule has 0 unspecified atom stereocenters. The van der Waals surface area contributed by atoms with Crippen molar-refractivity contribution in [3.05, 3.63) is 59.7 Å². The lowest BCUT2D eigenvalue weighted by atomic mass is 10.1. The third-order valence-electron chi connectivity index (χ3n) is 4.85. The van der Waals surface area contributed by atoms with E-state index in [0.29, 0.717) is 29.3 Å². The van der Waals surface area contributed by atoms with Gasteiger partial charge in [0.2, 0.25) is 11.7 Å². The molecule has 0 atom stereocenters. The number of aryl methyl sites for hydroxylation is 2. The van der Waals surface area contributed by atoms with E-state index in [2.05, 4.69) is 20.3 Å². The van der Waals surface area contributed by atoms with Crippen molar-refractivity contribution in [2.75, 3.05) is 12.9 Å². The van der Waals surface area contributed by atoms with E-state index >= 15 is 0 Å². The van der Waals surface area contributed by atoms with Crippen LogP contribution in [0.5, 0.6) is 5.75 Å². The molecule has 0 fully saturated rings. The number of hydrogen-bond donors (Lipinski definition) is 0. The van der Waals surface area contributed by atoms with Gasteiger partial charge in [0.25, 0.3) is 0 Å². The Kier molecular flexibility index (Phi) is 6.31. The third kappa shape index (κ3) is 4.77. The highest BCUT2D eigenvalue weighted by molar-refractivity contribution is 7.99. The second-order valence-corrected chi connectivity index (χ2v) is 8.08. The predicted molar refractivity (Wildman–Crippen MR) is 116 cm³/mol. The minimum atomic E-state index is -0.280. The zero-order chi connectivity index (χ0) is 21.8. The van der Waals surface area contributed by atoms with Gasteiger partial charge in [-0.1, -0.05) is 29.1 Å². The zero-order valence-corrected chi connectivity index (χ0v) is 18.3. The average molecular weight is 440 g/mol. The summed E-state index contributed by atoms with van der Waals surface area (Å²) in [6.45, 7) is 1.72. The fourth-order valence-electron chi connectivity index (χ4n) is 3.02. The van der Waals surface area contributed by atoms with Gasteiger partial charge < -0.3 is 13.8 Å². The van der Waals surface area contributed by atoms with E-state index in [1.54, 1.807) is 37.9 Å². The zero-order valence-electron chi connectivity index (χ0n) is 17.5. The number of hydrogen-bond acceptors (Lipinski definition) is 7. The summed E-state index contributed by atoms with van der Waals surface area (Å²) in [6.07, 6.45) is 1.47. The van der Waals surface area contributed by atoms with E-state index < -0.39 is 0 Å². The van der Waals surface area contributed by atoms with Crippen LogP contribution in [0.15, 0.2) is 52.1 Å². The van der Waals surface area contributed by atoms with Crippen molar-refractivity contribution in [2.24, 2.45) is 7.05 Å². The number of rotatable bonds is 8. The Morgan fingerprint density at radius 1 is 1.10 bits per heavy atom. The SMILES string of the molecule is COc1ccc(-c2nnc(SCCCc3nc(-c4ccc(C)c(F)c4)no3)n2C)cc1. The Labute approximate surface area is 183 Å². The average Bonchev–Trinajstić information content (AvgIpc) is 3.40. The number of ether oxygens (including phenoxy) is 1. The molecule has 2 aromatic heterocycles. The number of nitrogens with zero attached hydrogens (tertiary/aromatic N) is 5. The van der Waals surface area contributed by atoms with Crippen LogP contribution in [0.1, 0.15) is 17.9 Å². The van der Waals surface area contributed by atoms with Gasteiger partial charge in [0.05, 0.1) is 7.11 Å². The maximum absolute atomic E-state index is 13.8. The van der Waals surface area contributed by atoms with Gasteiger partial charge in [0.1, 0.15) is 11.6 Å². The van der Waals surface area contributed by atoms with Gasteiger partial charge in [-0.25, -0.2) is 4.39 Å². The topological polar surface area (TPSA) is 78.9 Å². The van der Waals surface area contributed by atoms with Crippen LogP contribution in [0.25, 0.3) is 22.8 Å². The quantitative estimate of drug-likeness (QED) is 0.290. The van der Waals surface area contributed by atoms with E-state index in [1.807, 2.05) is 35.9 Å². The van der Waals surface area contributed by atoms with Gasteiger partial charge in [-0.2, -0.15) is 4.98 Å². The summed E-state index contributed by atoms with van der Waals surface area (Å²) in [5, 5.41) is 13.4. The molecule has 0 aliphatic rings. The minimum absolute atomic E-state index is 0.280. The second kappa shape index (κ2) is 9.30. The van der Waals surface area contributed by atoms with Crippen molar-refractivity contribution in [1.29, 1.82) is 0 Å². The largest absolute Gasteiger partial charge is 0.497 e. The van der Waals surface area contributed by atoms with Crippen LogP contribution in [-0.2, 0) is 13.5 Å². The van der Waals surface area contributed by atoms with Crippen LogP contribution in [0.4, 0.5) is 4.39 Å². The molecule has 0 bridgehead atoms. The molecule has 0 amide bonds. The first-order valence-corrected chi connectivity index (χ1v) is 10.8. The Bertz CT molecular complexity index is 1170. The lowest BCUT2D eigenvalue weighted by molar-refractivity contribution is 0.378. The molecule has 160 valence electrons. The maximum atomic E-state index is 13.8. The van der Waals surface area contributed by atoms with Crippen LogP contribution in [0, 0.1) is 12.7 Å². The molecule has 4 aromatic rings. The molecule has 31 heavy (non-hydrogen) atoms. The van der Waals surface area contributed by atoms with Gasteiger partial charge in [-0.15, -0.1) is 10.2 Å². The lowest BCUT2D eigenvalue weighted by Crippen LogP contribution is -1.96. The van der Waals surface area contributed by atoms with E-state index in [9.17, 15) is 4.39 Å². The summed E-state index contributed by atoms with van der Waals surface area (Å²) in [7, 11) is 3.59. The smallest absolute Gasteiger partial charge is 0.226 e. The van der Waals surface area contributed by atoms with Crippen molar-refractivity contribution in [2.45, 2.75) is 24.9 Å². The highest BCUT2D eigenvalue weighted by atomic mass is 32.2. The van der Waals surface area contributed by atoms with Crippen molar-refractivity contribution in [3.8, 4) is 28.5 Å². The molecule has 0 N–H and O–H groups in total. The minimum Gasteiger partial charge on any atom is -0.497 e. The molecule has 0 aliphatic carbocycles. The summed E-state index contributed by atoms with van der Waals surface area (Å²) >= 11 is 1.62. The number of halogens is 1. The highest BCUT2D eigenvalue weighted by Gasteiger charge is 2.13. The fraction of sp³-hybridized carbons (Fsp3) is 0.273. The summed E-state index contributed by atoms with van der Waals surface area (Å²) in [5.74, 6) is 3.09. The number of methoxy groups -OCH3 is 1. The van der Waals surface area contributed by atoms with Gasteiger partial charge >= 0.3 is 0 Å². The van der Waals surface area contributed by atoms with Gasteiger partial charge in [0, 0.05) is 30.3 Å². The lowest BCUT2D eigenvalue weighted by Gasteiger charge is -2.04. The maximum Gasteiger partial charge on any atom is 0.226 e. The molecule has 2 heterocycles. The van der Waals surface area contributed by atoms with E-state index in [1.165, 1.54) is 6.07 Å². The van der Waals surface area contributed by atoms with Crippen LogP contribution >= 0.6 is 11.8 Å². The molecular weight excluding hydrogens is 417 g/mol. The van der Waals surface area contributed by atoms with E-state index in [0.717, 1.165) is 34.5 Å². The normalized spacial score (nSPS) is 11.1. The monoisotopic (exact) mass is 439 g/mol. The van der Waals surface area contributed by atoms with E-state index in [4.69, 9.17) is 9.26 Å². The number of benzene rings is 2. The predicted octanol–water partition coefficient (Wildman–Crippen LogP) is 4.71. The van der Waals surface area contributed by atoms with Gasteiger partial charge in [-0.05, 0) is 49.2 Å². The molecule has 0 saturated carbocycles. The van der Waals surface area contributed by atoms with Gasteiger partial charge in [-0.3, -0.25) is 0 Å². The summed E-state index contributed by atoms with van der Waals surface area (Å²) in [6, 6.07) is 12.7. The number of thioether (sulfide) groups is 1. The number of aromatic nitrogens is 5. The molecule has 4 rings (SSSR count). The van der Waals surface area contributed by atoms with Crippen molar-refractivity contribution in [3.63, 3.8) is 0 Å². The first kappa shape index (κ1) is 21.0. The van der Waals surface area contributed by atoms with Gasteiger partial charge in [0.15, 0.2) is 11.0 Å². The summed E-state index contributed by atoms with van der Waals surface area (Å²) < 4.78 is 26.2. The Hall–Kier alpha value is -3.20. The first-order chi connectivity index (χ1) is 15.0. The van der Waals surface area contributed by atoms with E-state index in [-0.39, 0.29) is 5.82 Å². The molecule has 0 saturated heterocycles. The molecule has 0 aliphatic heterocycles. The van der Waals surface area contributed by atoms with Crippen LogP contribution in [0.3, 0.4) is 0 Å². The Morgan fingerprint density at radius 3 is 2.61 bits per heavy atom. The molecule has 9 heteroatoms. The highest BCUT2D eigenvalue weighted by Crippen LogP contribution is 2.25. The molecule has 7 nitrogen and oxygen atoms in total. The van der Waals surface area contributed by atoms with Crippen LogP contribution < -0.4 is 4.74 Å². The summed E-state index contributed by atoms with van der Waals surface area (Å²) in [4.78, 5) is 4.37. The second-order valence-electron chi connectivity index (χ2n) is 7.02. The van der Waals surface area contributed by atoms with Crippen molar-refractivity contribution >= 4 is 11.8 Å². The van der Waals surface area contributed by atoms with Crippen LogP contribution in [0.2, 0.25) is 0 Å². The van der Waals surface area contributed by atoms with Crippen molar-refractivity contribution < 1.29 is 13.7 Å². The van der Waals surface area contributed by atoms with Crippen LogP contribution in [-0.4, -0.2) is 37.8 Å². The summed E-state index contributed by atoms with van der Waals surface area (Å²) in [5.41, 5.74) is 2.18. The Morgan fingerprint density at radius 2 is 1.87 bits per heavy atom. The Balaban J connectivity index is 1.32. The molecular formula is C22H22FN5O2S.